The Balaban J connectivity index is 2.43. The van der Waals surface area contributed by atoms with E-state index in [2.05, 4.69) is 9.71 Å². The zero-order valence-electron chi connectivity index (χ0n) is 9.67. The summed E-state index contributed by atoms with van der Waals surface area (Å²) in [6, 6.07) is 9.55. The zero-order valence-corrected chi connectivity index (χ0v) is 10.5. The number of nitrogens with one attached hydrogen (secondary N) is 2. The standard InChI is InChI=1S/C12H12N2O3S/c1-9-5-2-3-7-11(9)18(16,17)14-10-6-4-8-13-12(10)15/h2-8,14H,1H3,(H,13,15). The summed E-state index contributed by atoms with van der Waals surface area (Å²) in [7, 11) is -3.74. The quantitative estimate of drug-likeness (QED) is 0.881. The van der Waals surface area contributed by atoms with Gasteiger partial charge in [-0.1, -0.05) is 18.2 Å². The number of aryl methyl sites for hydroxylation is 1. The van der Waals surface area contributed by atoms with Gasteiger partial charge in [-0.15, -0.1) is 0 Å². The number of sulfonamides is 1. The first kappa shape index (κ1) is 12.4. The summed E-state index contributed by atoms with van der Waals surface area (Å²) in [4.78, 5) is 14.0. The van der Waals surface area contributed by atoms with Gasteiger partial charge >= 0.3 is 0 Å². The summed E-state index contributed by atoms with van der Waals surface area (Å²) in [5.41, 5.74) is 0.146. The molecule has 0 fully saturated rings. The average molecular weight is 264 g/mol. The monoisotopic (exact) mass is 264 g/mol. The highest BCUT2D eigenvalue weighted by molar-refractivity contribution is 7.92. The van der Waals surface area contributed by atoms with E-state index in [1.165, 1.54) is 18.3 Å². The molecule has 5 nitrogen and oxygen atoms in total. The van der Waals surface area contributed by atoms with Crippen LogP contribution in [0.5, 0.6) is 0 Å². The van der Waals surface area contributed by atoms with Crippen LogP contribution in [0, 0.1) is 6.92 Å². The highest BCUT2D eigenvalue weighted by atomic mass is 32.2. The Morgan fingerprint density at radius 2 is 1.83 bits per heavy atom. The van der Waals surface area contributed by atoms with Crippen molar-refractivity contribution in [2.45, 2.75) is 11.8 Å². The Kier molecular flexibility index (Phi) is 3.20. The number of hydrogen-bond donors (Lipinski definition) is 2. The van der Waals surface area contributed by atoms with Crippen molar-refractivity contribution in [3.05, 3.63) is 58.5 Å². The van der Waals surface area contributed by atoms with Gasteiger partial charge in [0.25, 0.3) is 15.6 Å². The van der Waals surface area contributed by atoms with E-state index in [0.29, 0.717) is 5.56 Å². The van der Waals surface area contributed by atoms with Gasteiger partial charge < -0.3 is 4.98 Å². The van der Waals surface area contributed by atoms with Crippen molar-refractivity contribution in [2.75, 3.05) is 4.72 Å². The molecule has 0 unspecified atom stereocenters. The molecule has 1 aromatic heterocycles. The van der Waals surface area contributed by atoms with Crippen molar-refractivity contribution >= 4 is 15.7 Å². The number of aromatic amines is 1. The van der Waals surface area contributed by atoms with Crippen molar-refractivity contribution in [3.8, 4) is 0 Å². The third kappa shape index (κ3) is 2.43. The predicted molar refractivity (Wildman–Crippen MR) is 69.1 cm³/mol. The van der Waals surface area contributed by atoms with Crippen molar-refractivity contribution in [1.29, 1.82) is 0 Å². The molecule has 6 heteroatoms. The molecule has 0 spiro atoms. The lowest BCUT2D eigenvalue weighted by Gasteiger charge is -2.09. The van der Waals surface area contributed by atoms with E-state index in [1.54, 1.807) is 31.2 Å². The van der Waals surface area contributed by atoms with Crippen LogP contribution in [0.1, 0.15) is 5.56 Å². The fourth-order valence-corrected chi connectivity index (χ4v) is 2.87. The Hall–Kier alpha value is -2.08. The first-order chi connectivity index (χ1) is 8.50. The molecular formula is C12H12N2O3S. The molecule has 94 valence electrons. The smallest absolute Gasteiger partial charge is 0.272 e. The van der Waals surface area contributed by atoms with Crippen molar-refractivity contribution in [3.63, 3.8) is 0 Å². The summed E-state index contributed by atoms with van der Waals surface area (Å²) in [5.74, 6) is 0. The second kappa shape index (κ2) is 4.66. The Morgan fingerprint density at radius 3 is 2.50 bits per heavy atom. The number of aromatic nitrogens is 1. The molecular weight excluding hydrogens is 252 g/mol. The zero-order chi connectivity index (χ0) is 13.2. The van der Waals surface area contributed by atoms with Crippen LogP contribution >= 0.6 is 0 Å². The summed E-state index contributed by atoms with van der Waals surface area (Å²) in [5, 5.41) is 0. The summed E-state index contributed by atoms with van der Waals surface area (Å²) >= 11 is 0. The molecule has 2 N–H and O–H groups in total. The molecule has 0 aliphatic rings. The molecule has 1 heterocycles. The van der Waals surface area contributed by atoms with Crippen LogP contribution in [0.25, 0.3) is 0 Å². The van der Waals surface area contributed by atoms with Gasteiger partial charge in [0.05, 0.1) is 4.90 Å². The fraction of sp³-hybridized carbons (Fsp3) is 0.0833. The average Bonchev–Trinajstić information content (AvgIpc) is 2.32. The van der Waals surface area contributed by atoms with Crippen LogP contribution < -0.4 is 10.3 Å². The number of rotatable bonds is 3. The van der Waals surface area contributed by atoms with Gasteiger partial charge in [-0.05, 0) is 30.7 Å². The van der Waals surface area contributed by atoms with Gasteiger partial charge in [0.2, 0.25) is 0 Å². The van der Waals surface area contributed by atoms with E-state index in [9.17, 15) is 13.2 Å². The number of pyridine rings is 1. The molecule has 0 radical (unpaired) electrons. The SMILES string of the molecule is Cc1ccccc1S(=O)(=O)Nc1ccc[nH]c1=O. The van der Waals surface area contributed by atoms with Crippen LogP contribution in [-0.2, 0) is 10.0 Å². The van der Waals surface area contributed by atoms with Gasteiger partial charge in [-0.25, -0.2) is 8.42 Å². The lowest BCUT2D eigenvalue weighted by atomic mass is 10.2. The van der Waals surface area contributed by atoms with E-state index in [0.717, 1.165) is 0 Å². The number of benzene rings is 1. The molecule has 0 saturated carbocycles. The second-order valence-corrected chi connectivity index (χ2v) is 5.43. The van der Waals surface area contributed by atoms with Gasteiger partial charge in [0.15, 0.2) is 0 Å². The van der Waals surface area contributed by atoms with Gasteiger partial charge in [0, 0.05) is 6.20 Å². The minimum Gasteiger partial charge on any atom is -0.327 e. The number of H-pyrrole nitrogens is 1. The summed E-state index contributed by atoms with van der Waals surface area (Å²) in [6.07, 6.45) is 1.44. The van der Waals surface area contributed by atoms with Crippen LogP contribution in [0.15, 0.2) is 52.3 Å². The fourth-order valence-electron chi connectivity index (χ4n) is 1.56. The Morgan fingerprint density at radius 1 is 1.11 bits per heavy atom. The van der Waals surface area contributed by atoms with Crippen molar-refractivity contribution in [1.82, 2.24) is 4.98 Å². The van der Waals surface area contributed by atoms with Crippen LogP contribution in [0.4, 0.5) is 5.69 Å². The second-order valence-electron chi connectivity index (χ2n) is 3.78. The maximum Gasteiger partial charge on any atom is 0.272 e. The minimum absolute atomic E-state index is 0.000697. The molecule has 18 heavy (non-hydrogen) atoms. The van der Waals surface area contributed by atoms with Crippen molar-refractivity contribution in [2.24, 2.45) is 0 Å². The Bertz CT molecular complexity index is 720. The van der Waals surface area contributed by atoms with E-state index in [1.807, 2.05) is 0 Å². The molecule has 0 saturated heterocycles. The Labute approximate surface area is 105 Å². The molecule has 0 aliphatic carbocycles. The van der Waals surface area contributed by atoms with E-state index < -0.39 is 15.6 Å². The normalized spacial score (nSPS) is 11.2. The highest BCUT2D eigenvalue weighted by Crippen LogP contribution is 2.16. The summed E-state index contributed by atoms with van der Waals surface area (Å²) < 4.78 is 26.5. The minimum atomic E-state index is -3.74. The predicted octanol–water partition coefficient (Wildman–Crippen LogP) is 1.48. The van der Waals surface area contributed by atoms with E-state index >= 15 is 0 Å². The maximum absolute atomic E-state index is 12.1. The van der Waals surface area contributed by atoms with E-state index in [4.69, 9.17) is 0 Å². The number of hydrogen-bond acceptors (Lipinski definition) is 3. The molecule has 2 rings (SSSR count). The van der Waals surface area contributed by atoms with Gasteiger partial charge in [-0.3, -0.25) is 9.52 Å². The molecule has 1 aromatic carbocycles. The lowest BCUT2D eigenvalue weighted by Crippen LogP contribution is -2.20. The van der Waals surface area contributed by atoms with Crippen LogP contribution in [0.3, 0.4) is 0 Å². The largest absolute Gasteiger partial charge is 0.327 e. The first-order valence-electron chi connectivity index (χ1n) is 5.27. The van der Waals surface area contributed by atoms with E-state index in [-0.39, 0.29) is 10.6 Å². The lowest BCUT2D eigenvalue weighted by molar-refractivity contribution is 0.600. The van der Waals surface area contributed by atoms with Crippen LogP contribution in [-0.4, -0.2) is 13.4 Å². The highest BCUT2D eigenvalue weighted by Gasteiger charge is 2.17. The third-order valence-corrected chi connectivity index (χ3v) is 3.97. The molecule has 0 aliphatic heterocycles. The molecule has 0 amide bonds. The molecule has 0 bridgehead atoms. The van der Waals surface area contributed by atoms with Gasteiger partial charge in [0.1, 0.15) is 5.69 Å². The van der Waals surface area contributed by atoms with Crippen molar-refractivity contribution < 1.29 is 8.42 Å². The summed E-state index contributed by atoms with van der Waals surface area (Å²) in [6.45, 7) is 1.70. The maximum atomic E-state index is 12.1. The van der Waals surface area contributed by atoms with Gasteiger partial charge in [-0.2, -0.15) is 0 Å². The third-order valence-electron chi connectivity index (χ3n) is 2.45. The molecule has 0 atom stereocenters. The number of anilines is 1. The van der Waals surface area contributed by atoms with Crippen LogP contribution in [0.2, 0.25) is 0 Å². The topological polar surface area (TPSA) is 79.0 Å². The first-order valence-corrected chi connectivity index (χ1v) is 6.75. The molecule has 2 aromatic rings.